The maximum atomic E-state index is 12.9. The van der Waals surface area contributed by atoms with E-state index in [2.05, 4.69) is 9.71 Å². The van der Waals surface area contributed by atoms with Gasteiger partial charge in [-0.15, -0.1) is 11.3 Å². The van der Waals surface area contributed by atoms with Gasteiger partial charge in [-0.1, -0.05) is 6.92 Å². The lowest BCUT2D eigenvalue weighted by molar-refractivity contribution is 0.575. The van der Waals surface area contributed by atoms with Crippen LogP contribution in [-0.2, 0) is 10.0 Å². The van der Waals surface area contributed by atoms with Gasteiger partial charge in [-0.3, -0.25) is 0 Å². The summed E-state index contributed by atoms with van der Waals surface area (Å²) >= 11 is 1.23. The normalized spacial score (nSPS) is 21.9. The van der Waals surface area contributed by atoms with Gasteiger partial charge in [0.15, 0.2) is 5.03 Å². The number of nitrogens with zero attached hydrogens (tertiary/aromatic N) is 1. The Morgan fingerprint density at radius 2 is 2.00 bits per heavy atom. The summed E-state index contributed by atoms with van der Waals surface area (Å²) in [5.74, 6) is 0.0579. The van der Waals surface area contributed by atoms with E-state index in [0.717, 1.165) is 6.42 Å². The molecule has 0 saturated heterocycles. The number of hydrogen-bond donors (Lipinski definition) is 1. The number of aromatic nitrogens is 1. The Balaban J connectivity index is 1.84. The molecule has 2 aromatic rings. The standard InChI is InChI=1S/C13H13FN2O2S2/c1-8-6-11(8)16-20(17,18)12-7-19-13(15-12)9-2-4-10(14)5-3-9/h2-5,7-8,11,16H,6H2,1H3. The van der Waals surface area contributed by atoms with E-state index in [4.69, 9.17) is 0 Å². The molecule has 7 heteroatoms. The van der Waals surface area contributed by atoms with Crippen molar-refractivity contribution in [3.8, 4) is 10.6 Å². The second kappa shape index (κ2) is 4.91. The molecule has 1 aliphatic carbocycles. The van der Waals surface area contributed by atoms with Crippen molar-refractivity contribution in [2.45, 2.75) is 24.4 Å². The third kappa shape index (κ3) is 2.74. The highest BCUT2D eigenvalue weighted by Crippen LogP contribution is 2.31. The highest BCUT2D eigenvalue weighted by atomic mass is 32.2. The molecule has 20 heavy (non-hydrogen) atoms. The van der Waals surface area contributed by atoms with Gasteiger partial charge in [0.2, 0.25) is 0 Å². The van der Waals surface area contributed by atoms with E-state index < -0.39 is 10.0 Å². The molecule has 1 heterocycles. The van der Waals surface area contributed by atoms with Crippen molar-refractivity contribution in [2.24, 2.45) is 5.92 Å². The highest BCUT2D eigenvalue weighted by Gasteiger charge is 2.37. The highest BCUT2D eigenvalue weighted by molar-refractivity contribution is 7.89. The molecule has 1 saturated carbocycles. The summed E-state index contributed by atoms with van der Waals surface area (Å²) in [6, 6.07) is 5.85. The van der Waals surface area contributed by atoms with Crippen LogP contribution in [0.5, 0.6) is 0 Å². The van der Waals surface area contributed by atoms with Crippen LogP contribution >= 0.6 is 11.3 Å². The van der Waals surface area contributed by atoms with Gasteiger partial charge in [-0.2, -0.15) is 0 Å². The van der Waals surface area contributed by atoms with Gasteiger partial charge in [0, 0.05) is 17.0 Å². The summed E-state index contributed by atoms with van der Waals surface area (Å²) < 4.78 is 39.7. The van der Waals surface area contributed by atoms with E-state index in [1.807, 2.05) is 6.92 Å². The van der Waals surface area contributed by atoms with Crippen LogP contribution < -0.4 is 4.72 Å². The molecule has 0 aliphatic heterocycles. The van der Waals surface area contributed by atoms with Crippen molar-refractivity contribution in [3.63, 3.8) is 0 Å². The summed E-state index contributed by atoms with van der Waals surface area (Å²) in [6.07, 6.45) is 0.869. The van der Waals surface area contributed by atoms with Crippen molar-refractivity contribution in [1.82, 2.24) is 9.71 Å². The van der Waals surface area contributed by atoms with Crippen LogP contribution in [0.2, 0.25) is 0 Å². The summed E-state index contributed by atoms with van der Waals surface area (Å²) in [6.45, 7) is 2.00. The fourth-order valence-corrected chi connectivity index (χ4v) is 4.31. The fraction of sp³-hybridized carbons (Fsp3) is 0.308. The third-order valence-electron chi connectivity index (χ3n) is 3.27. The first kappa shape index (κ1) is 13.7. The molecule has 3 rings (SSSR count). The molecular formula is C13H13FN2O2S2. The average Bonchev–Trinajstić information content (AvgIpc) is 2.92. The SMILES string of the molecule is CC1CC1NS(=O)(=O)c1csc(-c2ccc(F)cc2)n1. The maximum absolute atomic E-state index is 12.9. The molecule has 4 nitrogen and oxygen atoms in total. The first-order chi connectivity index (χ1) is 9.45. The predicted octanol–water partition coefficient (Wildman–Crippen LogP) is 2.64. The number of thiazole rings is 1. The van der Waals surface area contributed by atoms with Crippen LogP contribution in [0.1, 0.15) is 13.3 Å². The van der Waals surface area contributed by atoms with Gasteiger partial charge < -0.3 is 0 Å². The lowest BCUT2D eigenvalue weighted by Gasteiger charge is -2.01. The predicted molar refractivity (Wildman–Crippen MR) is 75.4 cm³/mol. The number of benzene rings is 1. The minimum Gasteiger partial charge on any atom is -0.223 e. The van der Waals surface area contributed by atoms with Crippen molar-refractivity contribution in [2.75, 3.05) is 0 Å². The van der Waals surface area contributed by atoms with Crippen molar-refractivity contribution in [1.29, 1.82) is 0 Å². The number of rotatable bonds is 4. The van der Waals surface area contributed by atoms with Crippen molar-refractivity contribution in [3.05, 3.63) is 35.5 Å². The van der Waals surface area contributed by atoms with Crippen LogP contribution in [0, 0.1) is 11.7 Å². The number of halogens is 1. The smallest absolute Gasteiger partial charge is 0.223 e. The molecule has 2 unspecified atom stereocenters. The monoisotopic (exact) mass is 312 g/mol. The Morgan fingerprint density at radius 1 is 1.35 bits per heavy atom. The van der Waals surface area contributed by atoms with E-state index >= 15 is 0 Å². The zero-order chi connectivity index (χ0) is 14.3. The first-order valence-electron chi connectivity index (χ1n) is 6.19. The first-order valence-corrected chi connectivity index (χ1v) is 8.56. The van der Waals surface area contributed by atoms with Crippen molar-refractivity contribution < 1.29 is 12.8 Å². The van der Waals surface area contributed by atoms with Crippen LogP contribution in [0.15, 0.2) is 34.7 Å². The van der Waals surface area contributed by atoms with E-state index in [9.17, 15) is 12.8 Å². The minimum atomic E-state index is -3.55. The quantitative estimate of drug-likeness (QED) is 0.944. The van der Waals surface area contributed by atoms with Gasteiger partial charge in [-0.25, -0.2) is 22.5 Å². The molecule has 1 N–H and O–H groups in total. The lowest BCUT2D eigenvalue weighted by Crippen LogP contribution is -2.27. The molecule has 1 aromatic carbocycles. The topological polar surface area (TPSA) is 59.1 Å². The second-order valence-corrected chi connectivity index (χ2v) is 7.46. The molecule has 2 atom stereocenters. The van der Waals surface area contributed by atoms with Gasteiger partial charge in [0.1, 0.15) is 10.8 Å². The summed E-state index contributed by atoms with van der Waals surface area (Å²) in [5.41, 5.74) is 0.706. The Bertz CT molecular complexity index is 725. The van der Waals surface area contributed by atoms with Crippen LogP contribution in [0.4, 0.5) is 4.39 Å². The molecule has 1 fully saturated rings. The zero-order valence-corrected chi connectivity index (χ0v) is 12.3. The number of nitrogens with one attached hydrogen (secondary N) is 1. The van der Waals surface area contributed by atoms with Crippen molar-refractivity contribution >= 4 is 21.4 Å². The summed E-state index contributed by atoms with van der Waals surface area (Å²) in [7, 11) is -3.55. The second-order valence-electron chi connectivity index (χ2n) is 4.94. The number of hydrogen-bond acceptors (Lipinski definition) is 4. The van der Waals surface area contributed by atoms with E-state index in [1.54, 1.807) is 12.1 Å². The molecule has 0 radical (unpaired) electrons. The van der Waals surface area contributed by atoms with Crippen LogP contribution in [0.3, 0.4) is 0 Å². The molecule has 106 valence electrons. The molecule has 0 bridgehead atoms. The zero-order valence-electron chi connectivity index (χ0n) is 10.7. The van der Waals surface area contributed by atoms with Gasteiger partial charge in [-0.05, 0) is 36.6 Å². The maximum Gasteiger partial charge on any atom is 0.259 e. The van der Waals surface area contributed by atoms with E-state index in [0.29, 0.717) is 16.5 Å². The largest absolute Gasteiger partial charge is 0.259 e. The van der Waals surface area contributed by atoms with E-state index in [1.165, 1.54) is 28.8 Å². The summed E-state index contributed by atoms with van der Waals surface area (Å²) in [5, 5.41) is 2.10. The van der Waals surface area contributed by atoms with E-state index in [-0.39, 0.29) is 16.9 Å². The number of sulfonamides is 1. The fourth-order valence-electron chi connectivity index (χ4n) is 1.85. The van der Waals surface area contributed by atoms with Crippen LogP contribution in [0.25, 0.3) is 10.6 Å². The Morgan fingerprint density at radius 3 is 2.60 bits per heavy atom. The molecule has 1 aliphatic rings. The molecule has 0 amide bonds. The van der Waals surface area contributed by atoms with Gasteiger partial charge in [0.05, 0.1) is 0 Å². The molecule has 0 spiro atoms. The Hall–Kier alpha value is -1.31. The van der Waals surface area contributed by atoms with Gasteiger partial charge in [0.25, 0.3) is 10.0 Å². The molecular weight excluding hydrogens is 299 g/mol. The lowest BCUT2D eigenvalue weighted by atomic mass is 10.2. The van der Waals surface area contributed by atoms with Gasteiger partial charge >= 0.3 is 0 Å². The van der Waals surface area contributed by atoms with Crippen LogP contribution in [-0.4, -0.2) is 19.4 Å². The summed E-state index contributed by atoms with van der Waals surface area (Å²) in [4.78, 5) is 4.13. The Kier molecular flexibility index (Phi) is 3.35. The molecule has 1 aromatic heterocycles. The Labute approximate surface area is 120 Å². The minimum absolute atomic E-state index is 0.0240. The third-order valence-corrected chi connectivity index (χ3v) is 5.68. The average molecular weight is 312 g/mol.